The van der Waals surface area contributed by atoms with E-state index in [1.54, 1.807) is 4.90 Å². The van der Waals surface area contributed by atoms with Crippen LogP contribution in [0.1, 0.15) is 51.5 Å². The Morgan fingerprint density at radius 1 is 1.00 bits per heavy atom. The highest BCUT2D eigenvalue weighted by Crippen LogP contribution is 2.35. The average Bonchev–Trinajstić information content (AvgIpc) is 3.63. The third-order valence-corrected chi connectivity index (χ3v) is 9.19. The van der Waals surface area contributed by atoms with Gasteiger partial charge in [-0.05, 0) is 82.8 Å². The number of benzene rings is 1. The van der Waals surface area contributed by atoms with E-state index in [0.717, 1.165) is 87.1 Å². The van der Waals surface area contributed by atoms with Crippen molar-refractivity contribution in [1.29, 1.82) is 0 Å². The predicted molar refractivity (Wildman–Crippen MR) is 166 cm³/mol. The Kier molecular flexibility index (Phi) is 8.22. The third kappa shape index (κ3) is 6.03. The van der Waals surface area contributed by atoms with Gasteiger partial charge in [0.15, 0.2) is 11.5 Å². The number of piperidine rings is 2. The minimum Gasteiger partial charge on any atom is -0.450 e. The molecule has 13 nitrogen and oxygen atoms in total. The number of nitrogens with one attached hydrogen (secondary N) is 3. The summed E-state index contributed by atoms with van der Waals surface area (Å²) in [6, 6.07) is 7.79. The molecule has 3 N–H and O–H groups in total. The van der Waals surface area contributed by atoms with Crippen LogP contribution >= 0.6 is 0 Å². The summed E-state index contributed by atoms with van der Waals surface area (Å²) < 4.78 is 13.4. The number of ether oxygens (including phenoxy) is 2. The van der Waals surface area contributed by atoms with Crippen LogP contribution < -0.4 is 20.9 Å². The zero-order valence-electron chi connectivity index (χ0n) is 25.2. The lowest BCUT2D eigenvalue weighted by Crippen LogP contribution is -2.44. The Labute approximate surface area is 256 Å². The number of nitrogens with zero attached hydrogens (tertiary/aromatic N) is 6. The van der Waals surface area contributed by atoms with Gasteiger partial charge in [0, 0.05) is 43.5 Å². The molecule has 1 aromatic carbocycles. The fourth-order valence-corrected chi connectivity index (χ4v) is 6.87. The maximum Gasteiger partial charge on any atom is 0.409 e. The van der Waals surface area contributed by atoms with Gasteiger partial charge in [-0.1, -0.05) is 0 Å². The first-order chi connectivity index (χ1) is 21.5. The van der Waals surface area contributed by atoms with Crippen molar-refractivity contribution in [3.05, 3.63) is 30.5 Å². The molecule has 4 saturated heterocycles. The predicted octanol–water partition coefficient (Wildman–Crippen LogP) is 3.53. The van der Waals surface area contributed by atoms with Crippen molar-refractivity contribution in [2.45, 2.75) is 69.7 Å². The van der Waals surface area contributed by atoms with Crippen LogP contribution in [0.5, 0.6) is 0 Å². The number of anilines is 2. The lowest BCUT2D eigenvalue weighted by molar-refractivity contribution is 0.0303. The molecule has 3 aromatic rings. The van der Waals surface area contributed by atoms with Gasteiger partial charge in [0.2, 0.25) is 0 Å². The van der Waals surface area contributed by atoms with E-state index in [4.69, 9.17) is 24.5 Å². The largest absolute Gasteiger partial charge is 0.450 e. The fourth-order valence-electron chi connectivity index (χ4n) is 6.87. The Morgan fingerprint density at radius 3 is 2.43 bits per heavy atom. The highest BCUT2D eigenvalue weighted by Gasteiger charge is 2.36. The normalized spacial score (nSPS) is 22.8. The standard InChI is InChI=1S/C31H41N9O4/c1-2-43-31(42)38-15-11-23(12-16-38)40-29-26(17-33-40)28(39-18-24-7-8-25(19-39)44-24)36-27(37-29)20-3-5-21(6-4-20)34-30(41)35-22-9-13-32-14-10-22/h3-6,17,22-25,32H,2,7-16,18-19H2,1H3,(H2,34,35,41). The van der Waals surface area contributed by atoms with Gasteiger partial charge in [-0.2, -0.15) is 5.10 Å². The molecule has 7 rings (SSSR count). The quantitative estimate of drug-likeness (QED) is 0.386. The van der Waals surface area contributed by atoms with Crippen molar-refractivity contribution in [3.8, 4) is 11.4 Å². The van der Waals surface area contributed by atoms with E-state index in [1.165, 1.54) is 0 Å². The lowest BCUT2D eigenvalue weighted by atomic mass is 10.1. The Morgan fingerprint density at radius 2 is 1.73 bits per heavy atom. The monoisotopic (exact) mass is 603 g/mol. The first kappa shape index (κ1) is 28.8. The maximum atomic E-state index is 12.6. The van der Waals surface area contributed by atoms with Crippen LogP contribution in [0.15, 0.2) is 30.5 Å². The van der Waals surface area contributed by atoms with Crippen LogP contribution in [0.2, 0.25) is 0 Å². The zero-order valence-corrected chi connectivity index (χ0v) is 25.2. The molecule has 3 amide bonds. The molecule has 0 aliphatic carbocycles. The molecule has 0 radical (unpaired) electrons. The molecule has 2 atom stereocenters. The summed E-state index contributed by atoms with van der Waals surface area (Å²) in [5.74, 6) is 1.49. The number of rotatable bonds is 6. The topological polar surface area (TPSA) is 139 Å². The van der Waals surface area contributed by atoms with Gasteiger partial charge in [0.25, 0.3) is 0 Å². The van der Waals surface area contributed by atoms with E-state index in [1.807, 2.05) is 42.1 Å². The fraction of sp³-hybridized carbons (Fsp3) is 0.581. The number of carbonyl (C=O) groups is 2. The van der Waals surface area contributed by atoms with E-state index in [2.05, 4.69) is 20.9 Å². The number of likely N-dealkylation sites (tertiary alicyclic amines) is 1. The second-order valence-corrected chi connectivity index (χ2v) is 12.2. The SMILES string of the molecule is CCOC(=O)N1CCC(n2ncc3c(N4CC5CCC(C4)O5)nc(-c4ccc(NC(=O)NC5CCNCC5)cc4)nc32)CC1. The molecule has 2 unspecified atom stereocenters. The van der Waals surface area contributed by atoms with Crippen LogP contribution in [0, 0.1) is 0 Å². The number of aromatic nitrogens is 4. The van der Waals surface area contributed by atoms with E-state index >= 15 is 0 Å². The molecular formula is C31H41N9O4. The molecule has 0 saturated carbocycles. The highest BCUT2D eigenvalue weighted by molar-refractivity contribution is 5.91. The van der Waals surface area contributed by atoms with E-state index in [0.29, 0.717) is 31.2 Å². The average molecular weight is 604 g/mol. The maximum absolute atomic E-state index is 12.6. The van der Waals surface area contributed by atoms with Gasteiger partial charge in [-0.15, -0.1) is 0 Å². The van der Waals surface area contributed by atoms with Crippen molar-refractivity contribution >= 4 is 34.7 Å². The Balaban J connectivity index is 1.15. The lowest BCUT2D eigenvalue weighted by Gasteiger charge is -2.33. The van der Waals surface area contributed by atoms with Gasteiger partial charge < -0.3 is 35.2 Å². The van der Waals surface area contributed by atoms with Crippen molar-refractivity contribution in [3.63, 3.8) is 0 Å². The van der Waals surface area contributed by atoms with Gasteiger partial charge in [0.1, 0.15) is 5.82 Å². The zero-order chi connectivity index (χ0) is 30.0. The Bertz CT molecular complexity index is 1470. The summed E-state index contributed by atoms with van der Waals surface area (Å²) in [6.07, 6.45) is 7.60. The number of hydrogen-bond donors (Lipinski definition) is 3. The van der Waals surface area contributed by atoms with E-state index in [-0.39, 0.29) is 36.4 Å². The van der Waals surface area contributed by atoms with Crippen molar-refractivity contribution in [2.24, 2.45) is 0 Å². The number of carbonyl (C=O) groups excluding carboxylic acids is 2. The van der Waals surface area contributed by atoms with Gasteiger partial charge >= 0.3 is 12.1 Å². The minimum atomic E-state index is -0.258. The number of amides is 3. The molecule has 13 heteroatoms. The molecule has 234 valence electrons. The molecule has 6 heterocycles. The molecule has 4 fully saturated rings. The summed E-state index contributed by atoms with van der Waals surface area (Å²) in [4.78, 5) is 39.1. The van der Waals surface area contributed by atoms with E-state index in [9.17, 15) is 9.59 Å². The number of fused-ring (bicyclic) bond motifs is 3. The summed E-state index contributed by atoms with van der Waals surface area (Å²) in [5.41, 5.74) is 2.37. The van der Waals surface area contributed by atoms with Crippen molar-refractivity contribution in [2.75, 3.05) is 56.1 Å². The number of hydrogen-bond acceptors (Lipinski definition) is 9. The van der Waals surface area contributed by atoms with Crippen LogP contribution in [0.3, 0.4) is 0 Å². The van der Waals surface area contributed by atoms with Gasteiger partial charge in [0.05, 0.1) is 36.4 Å². The molecular weight excluding hydrogens is 562 g/mol. The summed E-state index contributed by atoms with van der Waals surface area (Å²) >= 11 is 0. The molecule has 4 aliphatic heterocycles. The minimum absolute atomic E-state index is 0.111. The van der Waals surface area contributed by atoms with Crippen molar-refractivity contribution < 1.29 is 19.1 Å². The molecule has 0 spiro atoms. The first-order valence-electron chi connectivity index (χ1n) is 16.0. The van der Waals surface area contributed by atoms with Gasteiger partial charge in [-0.3, -0.25) is 0 Å². The second kappa shape index (κ2) is 12.6. The first-order valence-corrected chi connectivity index (χ1v) is 16.0. The summed E-state index contributed by atoms with van der Waals surface area (Å²) in [6.45, 7) is 6.85. The van der Waals surface area contributed by atoms with Crippen LogP contribution in [-0.4, -0.2) is 101 Å². The number of morpholine rings is 1. The Hall–Kier alpha value is -3.97. The van der Waals surface area contributed by atoms with Crippen molar-refractivity contribution in [1.82, 2.24) is 35.3 Å². The van der Waals surface area contributed by atoms with Crippen LogP contribution in [-0.2, 0) is 9.47 Å². The van der Waals surface area contributed by atoms with Crippen LogP contribution in [0.4, 0.5) is 21.1 Å². The summed E-state index contributed by atoms with van der Waals surface area (Å²) in [5, 5.41) is 15.1. The highest BCUT2D eigenvalue weighted by atomic mass is 16.6. The van der Waals surface area contributed by atoms with Crippen LogP contribution in [0.25, 0.3) is 22.4 Å². The molecule has 2 bridgehead atoms. The third-order valence-electron chi connectivity index (χ3n) is 9.19. The molecule has 4 aliphatic rings. The molecule has 44 heavy (non-hydrogen) atoms. The second-order valence-electron chi connectivity index (χ2n) is 12.2. The van der Waals surface area contributed by atoms with E-state index < -0.39 is 0 Å². The summed E-state index contributed by atoms with van der Waals surface area (Å²) in [7, 11) is 0. The smallest absolute Gasteiger partial charge is 0.409 e. The van der Waals surface area contributed by atoms with Gasteiger partial charge in [-0.25, -0.2) is 24.2 Å². The number of urea groups is 1. The molecule has 2 aromatic heterocycles.